The molecule has 3 aliphatic heterocycles. The van der Waals surface area contributed by atoms with Gasteiger partial charge in [-0.05, 0) is 108 Å². The van der Waals surface area contributed by atoms with Gasteiger partial charge in [0.25, 0.3) is 0 Å². The molecule has 3 heterocycles. The number of para-hydroxylation sites is 3. The van der Waals surface area contributed by atoms with E-state index in [1.54, 1.807) is 0 Å². The minimum atomic E-state index is 0. The maximum atomic E-state index is 5.01. The Morgan fingerprint density at radius 1 is 0.343 bits per heavy atom. The Labute approximate surface area is 485 Å². The molecular formula is C64H107N3Ti3. The van der Waals surface area contributed by atoms with Crippen LogP contribution < -0.4 is 0 Å². The van der Waals surface area contributed by atoms with Gasteiger partial charge in [-0.15, -0.1) is 35.7 Å². The van der Waals surface area contributed by atoms with Gasteiger partial charge in [-0.25, -0.2) is 0 Å². The topological polar surface area (TPSA) is 42.3 Å². The van der Waals surface area contributed by atoms with Gasteiger partial charge in [0.15, 0.2) is 0 Å². The molecule has 390 valence electrons. The van der Waals surface area contributed by atoms with E-state index in [1.807, 2.05) is 0 Å². The first-order chi connectivity index (χ1) is 27.6. The Morgan fingerprint density at radius 3 is 1.01 bits per heavy atom. The van der Waals surface area contributed by atoms with Crippen molar-refractivity contribution < 1.29 is 65.2 Å². The second kappa shape index (κ2) is 34.0. The molecule has 14 atom stereocenters. The Balaban J connectivity index is -0.000000202. The molecule has 0 N–H and O–H groups in total. The van der Waals surface area contributed by atoms with Crippen molar-refractivity contribution in [2.45, 2.75) is 159 Å². The summed E-state index contributed by atoms with van der Waals surface area (Å²) in [5.74, 6) is 11.6. The van der Waals surface area contributed by atoms with Crippen LogP contribution >= 0.6 is 0 Å². The van der Waals surface area contributed by atoms with Crippen molar-refractivity contribution in [3.8, 4) is 0 Å². The first-order valence-electron chi connectivity index (χ1n) is 24.1. The molecule has 0 amide bonds. The number of rotatable bonds is 3. The van der Waals surface area contributed by atoms with Crippen LogP contribution in [0.15, 0.2) is 54.6 Å². The van der Waals surface area contributed by atoms with Crippen LogP contribution in [0.1, 0.15) is 161 Å². The largest absolute Gasteiger partial charge is 4.00 e. The number of nitrogens with zero attached hydrogens (tertiary/aromatic N) is 3. The fraction of sp³-hybridized carbons (Fsp3) is 0.578. The smallest absolute Gasteiger partial charge is 0.684 e. The third kappa shape index (κ3) is 15.6. The summed E-state index contributed by atoms with van der Waals surface area (Å²) in [6, 6.07) is 21.6. The molecule has 3 aliphatic carbocycles. The molecule has 3 aromatic carbocycles. The van der Waals surface area contributed by atoms with E-state index in [9.17, 15) is 0 Å². The van der Waals surface area contributed by atoms with Gasteiger partial charge in [0, 0.05) is 0 Å². The van der Waals surface area contributed by atoms with Crippen molar-refractivity contribution in [1.29, 1.82) is 0 Å². The molecule has 6 heteroatoms. The Hall–Kier alpha value is -0.797. The number of benzene rings is 3. The second-order valence-electron chi connectivity index (χ2n) is 21.1. The van der Waals surface area contributed by atoms with Crippen LogP contribution in [-0.4, -0.2) is 18.6 Å². The summed E-state index contributed by atoms with van der Waals surface area (Å²) in [7, 11) is 0. The molecule has 0 bridgehead atoms. The molecule has 0 saturated heterocycles. The molecule has 0 spiro atoms. The van der Waals surface area contributed by atoms with Crippen LogP contribution in [0, 0.1) is 138 Å². The summed E-state index contributed by atoms with van der Waals surface area (Å²) >= 11 is 0. The molecule has 9 rings (SSSR count). The molecule has 14 unspecified atom stereocenters. The zero-order valence-corrected chi connectivity index (χ0v) is 54.3. The molecule has 70 heavy (non-hydrogen) atoms. The molecule has 0 radical (unpaired) electrons. The van der Waals surface area contributed by atoms with Gasteiger partial charge in [0.1, 0.15) is 0 Å². The Kier molecular flexibility index (Phi) is 39.1. The third-order valence-electron chi connectivity index (χ3n) is 18.3. The molecule has 0 aromatic heterocycles. The van der Waals surface area contributed by atoms with Crippen molar-refractivity contribution in [3.63, 3.8) is 0 Å². The number of fused-ring (bicyclic) bond motifs is 3. The molecule has 6 aliphatic rings. The molecule has 3 saturated carbocycles. The molecule has 3 nitrogen and oxygen atoms in total. The van der Waals surface area contributed by atoms with Crippen LogP contribution in [0.3, 0.4) is 0 Å². The number of hydrogen-bond acceptors (Lipinski definition) is 0. The van der Waals surface area contributed by atoms with Crippen LogP contribution in [0.2, 0.25) is 0 Å². The fourth-order valence-corrected chi connectivity index (χ4v) is 13.4. The van der Waals surface area contributed by atoms with E-state index in [0.717, 1.165) is 84.0 Å². The standard InChI is InChI=1S/C19H28N.2C18H26N.9CH3.3Ti/c1-11-9-10-16-7-6-8-17(19(16)20-11)18-14(4)12(2)13(3)15(18)5;1-10-9-15-7-6-8-16(18(15)19-10)17-13(4)11(2)12(3)14(17)5;1-11-12(2)14(4)17(13(11)3)16-9-5-7-15-8-6-10-19-18(15)16;;;;;;;;;;;;/h6-8,11-15,18H,9-10H2,1-5H3;6-8,10-14,17H,9H2,1-5H3;5,7,9,11-14,17H,6,8,10H2,1-4H3;9*1H3;;;/q12*-1;3*+4. The van der Waals surface area contributed by atoms with Crippen molar-refractivity contribution >= 4 is 17.1 Å². The van der Waals surface area contributed by atoms with Crippen LogP contribution in [-0.2, 0) is 84.4 Å². The van der Waals surface area contributed by atoms with Crippen molar-refractivity contribution in [2.24, 2.45) is 71.0 Å². The van der Waals surface area contributed by atoms with E-state index >= 15 is 0 Å². The first-order valence-corrected chi connectivity index (χ1v) is 24.1. The average Bonchev–Trinajstić information content (AvgIpc) is 3.83. The van der Waals surface area contributed by atoms with Crippen LogP contribution in [0.25, 0.3) is 16.0 Å². The Bertz CT molecular complexity index is 1840. The zero-order chi connectivity index (χ0) is 41.7. The van der Waals surface area contributed by atoms with E-state index in [0.29, 0.717) is 29.8 Å². The van der Waals surface area contributed by atoms with Crippen molar-refractivity contribution in [2.75, 3.05) is 6.54 Å². The average molecular weight is 1060 g/mol. The summed E-state index contributed by atoms with van der Waals surface area (Å²) in [6.45, 7) is 34.7. The minimum Gasteiger partial charge on any atom is -0.684 e. The van der Waals surface area contributed by atoms with E-state index in [1.165, 1.54) is 76.1 Å². The maximum Gasteiger partial charge on any atom is 4.00 e. The predicted molar refractivity (Wildman–Crippen MR) is 308 cm³/mol. The molecule has 3 fully saturated rings. The number of aryl methyl sites for hydroxylation is 2. The fourth-order valence-electron chi connectivity index (χ4n) is 13.4. The normalized spacial score (nSPS) is 32.9. The van der Waals surface area contributed by atoms with E-state index in [-0.39, 0.29) is 132 Å². The van der Waals surface area contributed by atoms with E-state index < -0.39 is 0 Å². The molecule has 3 aromatic rings. The quantitative estimate of drug-likeness (QED) is 0.185. The monoisotopic (exact) mass is 1060 g/mol. The van der Waals surface area contributed by atoms with Crippen LogP contribution in [0.4, 0.5) is 17.1 Å². The van der Waals surface area contributed by atoms with Gasteiger partial charge in [0.2, 0.25) is 0 Å². The SMILES string of the molecule is CC1C(C)C(C)C(c2cccc3c2[N-]CCC3)C1C.CC1CCc2cccc(C3C(C)C(C)C(C)C3C)c2[N-]1.CC1Cc2cccc(C3C(C)C(C)C(C)C3C)c2[N-]1.[CH3-].[CH3-].[CH3-].[CH3-].[CH3-].[CH3-].[CH3-].[CH3-].[CH3-].[Ti+4].[Ti+4].[Ti+4]. The van der Waals surface area contributed by atoms with Gasteiger partial charge in [0.05, 0.1) is 0 Å². The van der Waals surface area contributed by atoms with Crippen LogP contribution in [0.5, 0.6) is 0 Å². The summed E-state index contributed by atoms with van der Waals surface area (Å²) < 4.78 is 0. The van der Waals surface area contributed by atoms with Gasteiger partial charge >= 0.3 is 65.2 Å². The van der Waals surface area contributed by atoms with Gasteiger partial charge in [-0.1, -0.05) is 198 Å². The second-order valence-corrected chi connectivity index (χ2v) is 21.1. The van der Waals surface area contributed by atoms with Gasteiger partial charge in [-0.3, -0.25) is 0 Å². The van der Waals surface area contributed by atoms with E-state index in [4.69, 9.17) is 16.0 Å². The zero-order valence-electron chi connectivity index (χ0n) is 49.6. The maximum absolute atomic E-state index is 5.01. The van der Waals surface area contributed by atoms with Gasteiger partial charge < -0.3 is 82.8 Å². The van der Waals surface area contributed by atoms with Gasteiger partial charge in [-0.2, -0.15) is 0 Å². The van der Waals surface area contributed by atoms with E-state index in [2.05, 4.69) is 152 Å². The van der Waals surface area contributed by atoms with Crippen molar-refractivity contribution in [3.05, 3.63) is 171 Å². The summed E-state index contributed by atoms with van der Waals surface area (Å²) in [6.07, 6.45) is 5.98. The summed E-state index contributed by atoms with van der Waals surface area (Å²) in [5, 5.41) is 14.8. The molecular weight excluding hydrogens is 954 g/mol. The summed E-state index contributed by atoms with van der Waals surface area (Å²) in [5.41, 5.74) is 13.0. The van der Waals surface area contributed by atoms with Crippen molar-refractivity contribution in [1.82, 2.24) is 0 Å². The summed E-state index contributed by atoms with van der Waals surface area (Å²) in [4.78, 5) is 0. The third-order valence-corrected chi connectivity index (χ3v) is 18.3. The minimum absolute atomic E-state index is 0. The number of hydrogen-bond donors (Lipinski definition) is 0. The first kappa shape index (κ1) is 80.6. The predicted octanol–water partition coefficient (Wildman–Crippen LogP) is 20.3. The Morgan fingerprint density at radius 2 is 0.643 bits per heavy atom.